The SMILES string of the molecule is C=C(CC(=C)N(CCC)CC(=C)CC(=NC)C(C)(F)F)Cc1cc(F)cc(C)c1F. The molecule has 0 fully saturated rings. The fraction of sp³-hybridized carbons (Fsp3) is 0.458. The minimum Gasteiger partial charge on any atom is -0.371 e. The van der Waals surface area contributed by atoms with Crippen LogP contribution in [0, 0.1) is 18.6 Å². The van der Waals surface area contributed by atoms with Crippen molar-refractivity contribution < 1.29 is 17.6 Å². The molecular weight excluding hydrogens is 392 g/mol. The topological polar surface area (TPSA) is 15.6 Å². The van der Waals surface area contributed by atoms with Crippen LogP contribution in [0.5, 0.6) is 0 Å². The van der Waals surface area contributed by atoms with Crippen molar-refractivity contribution in [2.24, 2.45) is 4.99 Å². The van der Waals surface area contributed by atoms with Gasteiger partial charge in [0.15, 0.2) is 0 Å². The zero-order valence-electron chi connectivity index (χ0n) is 18.4. The van der Waals surface area contributed by atoms with Crippen molar-refractivity contribution >= 4 is 5.71 Å². The first-order chi connectivity index (χ1) is 13.9. The number of allylic oxidation sites excluding steroid dienone is 1. The van der Waals surface area contributed by atoms with Gasteiger partial charge in [0.05, 0.1) is 5.71 Å². The molecule has 30 heavy (non-hydrogen) atoms. The van der Waals surface area contributed by atoms with Gasteiger partial charge >= 0.3 is 0 Å². The molecule has 0 aliphatic carbocycles. The fourth-order valence-electron chi connectivity index (χ4n) is 3.27. The second-order valence-corrected chi connectivity index (χ2v) is 7.77. The van der Waals surface area contributed by atoms with E-state index in [0.29, 0.717) is 30.7 Å². The Balaban J connectivity index is 2.80. The molecule has 6 heteroatoms. The Morgan fingerprint density at radius 1 is 1.10 bits per heavy atom. The molecule has 0 saturated heterocycles. The van der Waals surface area contributed by atoms with E-state index in [1.165, 1.54) is 20.0 Å². The summed E-state index contributed by atoms with van der Waals surface area (Å²) >= 11 is 0. The summed E-state index contributed by atoms with van der Waals surface area (Å²) in [6.45, 7) is 17.4. The van der Waals surface area contributed by atoms with E-state index in [2.05, 4.69) is 24.7 Å². The minimum atomic E-state index is -2.99. The van der Waals surface area contributed by atoms with Crippen LogP contribution in [0.1, 0.15) is 44.2 Å². The number of hydrogen-bond acceptors (Lipinski definition) is 2. The van der Waals surface area contributed by atoms with Gasteiger partial charge in [-0.25, -0.2) is 17.6 Å². The van der Waals surface area contributed by atoms with Crippen LogP contribution in [0.2, 0.25) is 0 Å². The van der Waals surface area contributed by atoms with Gasteiger partial charge in [-0.1, -0.05) is 37.8 Å². The quantitative estimate of drug-likeness (QED) is 0.208. The summed E-state index contributed by atoms with van der Waals surface area (Å²) < 4.78 is 55.0. The number of nitrogens with zero attached hydrogens (tertiary/aromatic N) is 2. The lowest BCUT2D eigenvalue weighted by atomic mass is 9.99. The number of alkyl halides is 2. The highest BCUT2D eigenvalue weighted by atomic mass is 19.3. The van der Waals surface area contributed by atoms with Crippen molar-refractivity contribution in [3.63, 3.8) is 0 Å². The molecule has 166 valence electrons. The minimum absolute atomic E-state index is 0.00220. The van der Waals surface area contributed by atoms with Crippen LogP contribution in [0.25, 0.3) is 0 Å². The maximum atomic E-state index is 14.3. The van der Waals surface area contributed by atoms with Crippen molar-refractivity contribution in [3.8, 4) is 0 Å². The molecule has 0 aliphatic heterocycles. The van der Waals surface area contributed by atoms with E-state index in [0.717, 1.165) is 25.1 Å². The first-order valence-corrected chi connectivity index (χ1v) is 9.93. The van der Waals surface area contributed by atoms with Crippen LogP contribution < -0.4 is 0 Å². The van der Waals surface area contributed by atoms with Gasteiger partial charge in [-0.05, 0) is 43.0 Å². The number of hydrogen-bond donors (Lipinski definition) is 0. The Hall–Kier alpha value is -2.37. The predicted octanol–water partition coefficient (Wildman–Crippen LogP) is 6.66. The molecular formula is C24H32F4N2. The molecule has 0 spiro atoms. The molecule has 0 heterocycles. The van der Waals surface area contributed by atoms with Gasteiger partial charge in [0.2, 0.25) is 0 Å². The molecule has 0 bridgehead atoms. The Labute approximate surface area is 177 Å². The molecule has 2 nitrogen and oxygen atoms in total. The summed E-state index contributed by atoms with van der Waals surface area (Å²) in [5, 5.41) is 0. The monoisotopic (exact) mass is 424 g/mol. The average molecular weight is 425 g/mol. The zero-order valence-corrected chi connectivity index (χ0v) is 18.4. The Morgan fingerprint density at radius 3 is 2.27 bits per heavy atom. The number of aliphatic imine (C=N–C) groups is 1. The van der Waals surface area contributed by atoms with Crippen LogP contribution in [-0.2, 0) is 6.42 Å². The lowest BCUT2D eigenvalue weighted by Gasteiger charge is -2.28. The highest BCUT2D eigenvalue weighted by molar-refractivity contribution is 5.92. The maximum Gasteiger partial charge on any atom is 0.283 e. The van der Waals surface area contributed by atoms with Crippen LogP contribution >= 0.6 is 0 Å². The number of rotatable bonds is 12. The summed E-state index contributed by atoms with van der Waals surface area (Å²) in [6, 6.07) is 2.33. The molecule has 1 aromatic rings. The second-order valence-electron chi connectivity index (χ2n) is 7.77. The summed E-state index contributed by atoms with van der Waals surface area (Å²) in [6.07, 6.45) is 1.41. The van der Waals surface area contributed by atoms with Crippen LogP contribution in [0.3, 0.4) is 0 Å². The van der Waals surface area contributed by atoms with Gasteiger partial charge in [0.1, 0.15) is 11.6 Å². The molecule has 0 N–H and O–H groups in total. The molecule has 0 aromatic heterocycles. The molecule has 0 unspecified atom stereocenters. The number of aryl methyl sites for hydroxylation is 1. The Morgan fingerprint density at radius 2 is 1.73 bits per heavy atom. The second kappa shape index (κ2) is 11.1. The summed E-state index contributed by atoms with van der Waals surface area (Å²) in [5.41, 5.74) is 2.31. The molecule has 0 amide bonds. The van der Waals surface area contributed by atoms with Gasteiger partial charge in [-0.2, -0.15) is 0 Å². The third-order valence-electron chi connectivity index (χ3n) is 4.74. The normalized spacial score (nSPS) is 12.1. The van der Waals surface area contributed by atoms with Crippen molar-refractivity contribution in [1.82, 2.24) is 4.90 Å². The van der Waals surface area contributed by atoms with Crippen LogP contribution in [-0.4, -0.2) is 36.7 Å². The van der Waals surface area contributed by atoms with Gasteiger partial charge < -0.3 is 4.90 Å². The molecule has 0 saturated carbocycles. The number of benzene rings is 1. The predicted molar refractivity (Wildman–Crippen MR) is 117 cm³/mol. The molecule has 1 rings (SSSR count). The highest BCUT2D eigenvalue weighted by Gasteiger charge is 2.29. The lowest BCUT2D eigenvalue weighted by molar-refractivity contribution is 0.0983. The van der Waals surface area contributed by atoms with E-state index in [1.807, 2.05) is 11.8 Å². The van der Waals surface area contributed by atoms with E-state index in [4.69, 9.17) is 0 Å². The third kappa shape index (κ3) is 7.81. The maximum absolute atomic E-state index is 14.3. The first kappa shape index (κ1) is 25.7. The summed E-state index contributed by atoms with van der Waals surface area (Å²) in [4.78, 5) is 5.66. The first-order valence-electron chi connectivity index (χ1n) is 9.93. The van der Waals surface area contributed by atoms with Crippen LogP contribution in [0.15, 0.2) is 53.7 Å². The van der Waals surface area contributed by atoms with E-state index >= 15 is 0 Å². The van der Waals surface area contributed by atoms with Crippen molar-refractivity contribution in [2.45, 2.75) is 52.4 Å². The third-order valence-corrected chi connectivity index (χ3v) is 4.74. The van der Waals surface area contributed by atoms with Gasteiger partial charge in [0.25, 0.3) is 5.92 Å². The van der Waals surface area contributed by atoms with Crippen molar-refractivity contribution in [3.05, 3.63) is 71.5 Å². The van der Waals surface area contributed by atoms with Crippen LogP contribution in [0.4, 0.5) is 17.6 Å². The largest absolute Gasteiger partial charge is 0.371 e. The fourth-order valence-corrected chi connectivity index (χ4v) is 3.27. The average Bonchev–Trinajstić information content (AvgIpc) is 2.62. The van der Waals surface area contributed by atoms with E-state index in [-0.39, 0.29) is 29.7 Å². The van der Waals surface area contributed by atoms with E-state index < -0.39 is 17.6 Å². The Bertz CT molecular complexity index is 819. The molecule has 0 aliphatic rings. The standard InChI is InChI=1S/C24H32F4N2/c1-8-9-30(15-17(3)12-22(29-7)24(6,27)28)19(5)10-16(2)11-20-14-21(25)13-18(4)23(20)26/h13-14H,2-3,5,8-12,15H2,1,4,6-7H3. The van der Waals surface area contributed by atoms with Crippen molar-refractivity contribution in [2.75, 3.05) is 20.1 Å². The smallest absolute Gasteiger partial charge is 0.283 e. The molecule has 0 atom stereocenters. The van der Waals surface area contributed by atoms with Crippen molar-refractivity contribution in [1.29, 1.82) is 0 Å². The van der Waals surface area contributed by atoms with E-state index in [1.54, 1.807) is 0 Å². The van der Waals surface area contributed by atoms with Gasteiger partial charge in [-0.3, -0.25) is 4.99 Å². The summed E-state index contributed by atoms with van der Waals surface area (Å²) in [5.74, 6) is -3.92. The van der Waals surface area contributed by atoms with Gasteiger partial charge in [-0.15, -0.1) is 0 Å². The molecule has 1 aromatic carbocycles. The Kier molecular flexibility index (Phi) is 9.53. The number of halogens is 4. The van der Waals surface area contributed by atoms with E-state index in [9.17, 15) is 17.6 Å². The lowest BCUT2D eigenvalue weighted by Crippen LogP contribution is -2.29. The highest BCUT2D eigenvalue weighted by Crippen LogP contribution is 2.24. The summed E-state index contributed by atoms with van der Waals surface area (Å²) in [7, 11) is 1.35. The zero-order chi connectivity index (χ0) is 23.1. The van der Waals surface area contributed by atoms with Gasteiger partial charge in [0, 0.05) is 45.6 Å². The molecule has 0 radical (unpaired) electrons.